The highest BCUT2D eigenvalue weighted by atomic mass is 79.9. The highest BCUT2D eigenvalue weighted by Crippen LogP contribution is 2.40. The molecule has 2 aliphatic rings. The van der Waals surface area contributed by atoms with Crippen molar-refractivity contribution in [3.8, 4) is 0 Å². The van der Waals surface area contributed by atoms with Crippen LogP contribution in [0.2, 0.25) is 0 Å². The van der Waals surface area contributed by atoms with E-state index in [-0.39, 0.29) is 5.41 Å². The third-order valence-electron chi connectivity index (χ3n) is 4.06. The molecule has 2 heterocycles. The molecule has 0 radical (unpaired) electrons. The molecule has 0 N–H and O–H groups in total. The van der Waals surface area contributed by atoms with Crippen LogP contribution in [-0.2, 0) is 5.41 Å². The Bertz CT molecular complexity index is 467. The molecule has 0 amide bonds. The van der Waals surface area contributed by atoms with Crippen molar-refractivity contribution >= 4 is 21.7 Å². The Hall–Kier alpha value is -0.640. The first kappa shape index (κ1) is 12.4. The van der Waals surface area contributed by atoms with Gasteiger partial charge < -0.3 is 4.90 Å². The molecule has 98 valence electrons. The molecule has 0 aromatic carbocycles. The van der Waals surface area contributed by atoms with E-state index in [4.69, 9.17) is 4.98 Å². The lowest BCUT2D eigenvalue weighted by molar-refractivity contribution is 0.529. The molecule has 1 aromatic rings. The Kier molecular flexibility index (Phi) is 2.88. The van der Waals surface area contributed by atoms with E-state index < -0.39 is 0 Å². The SMILES string of the molecule is CC(C)(C)c1nc(Br)cc(N2CC3CCC2C3)n1. The summed E-state index contributed by atoms with van der Waals surface area (Å²) in [6.07, 6.45) is 4.09. The molecule has 1 aliphatic carbocycles. The number of anilines is 1. The average Bonchev–Trinajstić information content (AvgIpc) is 2.88. The second-order valence-electron chi connectivity index (χ2n) is 6.61. The Labute approximate surface area is 117 Å². The zero-order valence-corrected chi connectivity index (χ0v) is 12.9. The summed E-state index contributed by atoms with van der Waals surface area (Å²) in [6, 6.07) is 2.78. The van der Waals surface area contributed by atoms with Crippen molar-refractivity contribution in [2.24, 2.45) is 5.92 Å². The fourth-order valence-electron chi connectivity index (χ4n) is 3.09. The zero-order chi connectivity index (χ0) is 12.9. The summed E-state index contributed by atoms with van der Waals surface area (Å²) in [5.74, 6) is 2.92. The van der Waals surface area contributed by atoms with Gasteiger partial charge in [-0.3, -0.25) is 0 Å². The molecule has 2 atom stereocenters. The summed E-state index contributed by atoms with van der Waals surface area (Å²) in [4.78, 5) is 11.8. The largest absolute Gasteiger partial charge is 0.353 e. The molecule has 1 aliphatic heterocycles. The first-order valence-electron chi connectivity index (χ1n) is 6.75. The third kappa shape index (κ3) is 2.15. The minimum absolute atomic E-state index is 0.00271. The number of fused-ring (bicyclic) bond motifs is 2. The van der Waals surface area contributed by atoms with E-state index in [1.165, 1.54) is 25.8 Å². The number of nitrogens with zero attached hydrogens (tertiary/aromatic N) is 3. The van der Waals surface area contributed by atoms with Crippen LogP contribution >= 0.6 is 15.9 Å². The summed E-state index contributed by atoms with van der Waals surface area (Å²) >= 11 is 3.53. The van der Waals surface area contributed by atoms with Crippen molar-refractivity contribution in [2.75, 3.05) is 11.4 Å². The molecule has 1 saturated heterocycles. The van der Waals surface area contributed by atoms with Crippen molar-refractivity contribution in [1.82, 2.24) is 9.97 Å². The van der Waals surface area contributed by atoms with E-state index in [0.717, 1.165) is 22.2 Å². The Morgan fingerprint density at radius 3 is 2.61 bits per heavy atom. The summed E-state index contributed by atoms with van der Waals surface area (Å²) in [5, 5.41) is 0. The van der Waals surface area contributed by atoms with Crippen molar-refractivity contribution in [1.29, 1.82) is 0 Å². The smallest absolute Gasteiger partial charge is 0.137 e. The maximum atomic E-state index is 4.79. The van der Waals surface area contributed by atoms with Crippen LogP contribution in [-0.4, -0.2) is 22.6 Å². The molecule has 1 saturated carbocycles. The second kappa shape index (κ2) is 4.19. The maximum Gasteiger partial charge on any atom is 0.137 e. The van der Waals surface area contributed by atoms with Gasteiger partial charge in [-0.25, -0.2) is 9.97 Å². The topological polar surface area (TPSA) is 29.0 Å². The van der Waals surface area contributed by atoms with Crippen LogP contribution in [0.4, 0.5) is 5.82 Å². The summed E-state index contributed by atoms with van der Waals surface area (Å²) < 4.78 is 0.903. The van der Waals surface area contributed by atoms with Crippen LogP contribution in [0, 0.1) is 5.92 Å². The van der Waals surface area contributed by atoms with E-state index in [0.29, 0.717) is 6.04 Å². The summed E-state index contributed by atoms with van der Waals surface area (Å²) in [5.41, 5.74) is -0.00271. The molecule has 2 fully saturated rings. The highest BCUT2D eigenvalue weighted by Gasteiger charge is 2.38. The molecule has 1 aromatic heterocycles. The molecule has 2 bridgehead atoms. The predicted octanol–water partition coefficient (Wildman–Crippen LogP) is 3.53. The fourth-order valence-corrected chi connectivity index (χ4v) is 3.47. The minimum atomic E-state index is -0.00271. The Morgan fingerprint density at radius 2 is 2.06 bits per heavy atom. The van der Waals surface area contributed by atoms with Gasteiger partial charge in [0.2, 0.25) is 0 Å². The first-order valence-corrected chi connectivity index (χ1v) is 7.54. The van der Waals surface area contributed by atoms with Gasteiger partial charge in [0.15, 0.2) is 0 Å². The fraction of sp³-hybridized carbons (Fsp3) is 0.714. The van der Waals surface area contributed by atoms with Gasteiger partial charge in [0, 0.05) is 24.1 Å². The van der Waals surface area contributed by atoms with Gasteiger partial charge in [-0.2, -0.15) is 0 Å². The monoisotopic (exact) mass is 309 g/mol. The van der Waals surface area contributed by atoms with Gasteiger partial charge in [0.05, 0.1) is 0 Å². The number of hydrogen-bond donors (Lipinski definition) is 0. The van der Waals surface area contributed by atoms with Crippen LogP contribution < -0.4 is 4.90 Å². The van der Waals surface area contributed by atoms with Crippen LogP contribution in [0.25, 0.3) is 0 Å². The van der Waals surface area contributed by atoms with Crippen LogP contribution in [0.1, 0.15) is 45.9 Å². The van der Waals surface area contributed by atoms with Gasteiger partial charge in [-0.1, -0.05) is 20.8 Å². The van der Waals surface area contributed by atoms with E-state index in [1.807, 2.05) is 0 Å². The highest BCUT2D eigenvalue weighted by molar-refractivity contribution is 9.10. The normalized spacial score (nSPS) is 27.0. The lowest BCUT2D eigenvalue weighted by Crippen LogP contribution is -2.33. The van der Waals surface area contributed by atoms with E-state index in [2.05, 4.69) is 52.7 Å². The average molecular weight is 310 g/mol. The van der Waals surface area contributed by atoms with Gasteiger partial charge in [0.1, 0.15) is 16.2 Å². The Morgan fingerprint density at radius 1 is 1.28 bits per heavy atom. The number of hydrogen-bond acceptors (Lipinski definition) is 3. The molecule has 2 unspecified atom stereocenters. The lowest BCUT2D eigenvalue weighted by atomic mass is 9.96. The van der Waals surface area contributed by atoms with Gasteiger partial charge in [-0.15, -0.1) is 0 Å². The standard InChI is InChI=1S/C14H20BrN3/c1-14(2,3)13-16-11(15)7-12(17-13)18-8-9-4-5-10(18)6-9/h7,9-10H,4-6,8H2,1-3H3. The van der Waals surface area contributed by atoms with Crippen LogP contribution in [0.15, 0.2) is 10.7 Å². The van der Waals surface area contributed by atoms with E-state index in [9.17, 15) is 0 Å². The van der Waals surface area contributed by atoms with Crippen molar-refractivity contribution in [3.63, 3.8) is 0 Å². The van der Waals surface area contributed by atoms with Crippen molar-refractivity contribution < 1.29 is 0 Å². The lowest BCUT2D eigenvalue weighted by Gasteiger charge is -2.29. The zero-order valence-electron chi connectivity index (χ0n) is 11.3. The minimum Gasteiger partial charge on any atom is -0.353 e. The molecule has 18 heavy (non-hydrogen) atoms. The number of piperidine rings is 1. The molecular weight excluding hydrogens is 290 g/mol. The van der Waals surface area contributed by atoms with Crippen molar-refractivity contribution in [3.05, 3.63) is 16.5 Å². The number of halogens is 1. The van der Waals surface area contributed by atoms with Crippen molar-refractivity contribution in [2.45, 2.75) is 51.5 Å². The quantitative estimate of drug-likeness (QED) is 0.743. The second-order valence-corrected chi connectivity index (χ2v) is 7.42. The van der Waals surface area contributed by atoms with Gasteiger partial charge in [0.25, 0.3) is 0 Å². The molecule has 3 nitrogen and oxygen atoms in total. The summed E-state index contributed by atoms with van der Waals surface area (Å²) in [7, 11) is 0. The van der Waals surface area contributed by atoms with Gasteiger partial charge in [-0.05, 0) is 41.1 Å². The first-order chi connectivity index (χ1) is 8.43. The maximum absolute atomic E-state index is 4.79. The van der Waals surface area contributed by atoms with Crippen LogP contribution in [0.3, 0.4) is 0 Å². The molecule has 4 heteroatoms. The molecule has 3 rings (SSSR count). The van der Waals surface area contributed by atoms with E-state index >= 15 is 0 Å². The van der Waals surface area contributed by atoms with Gasteiger partial charge >= 0.3 is 0 Å². The molecular formula is C14H20BrN3. The predicted molar refractivity (Wildman–Crippen MR) is 76.9 cm³/mol. The number of rotatable bonds is 1. The summed E-state index contributed by atoms with van der Waals surface area (Å²) in [6.45, 7) is 7.66. The van der Waals surface area contributed by atoms with E-state index in [1.54, 1.807) is 0 Å². The number of aromatic nitrogens is 2. The Balaban J connectivity index is 1.95. The third-order valence-corrected chi connectivity index (χ3v) is 4.46. The van der Waals surface area contributed by atoms with Crippen LogP contribution in [0.5, 0.6) is 0 Å². The molecule has 0 spiro atoms.